The van der Waals surface area contributed by atoms with Crippen molar-refractivity contribution in [2.45, 2.75) is 0 Å². The Morgan fingerprint density at radius 3 is 2.86 bits per heavy atom. The quantitative estimate of drug-likeness (QED) is 0.563. The van der Waals surface area contributed by atoms with Crippen LogP contribution in [0.2, 0.25) is 0 Å². The maximum absolute atomic E-state index is 11.7. The molecule has 0 atom stereocenters. The first-order chi connectivity index (χ1) is 9.99. The summed E-state index contributed by atoms with van der Waals surface area (Å²) >= 11 is 5.85. The zero-order valence-corrected chi connectivity index (χ0v) is 12.6. The normalized spacial score (nSPS) is 10.1. The smallest absolute Gasteiger partial charge is 0.315 e. The first kappa shape index (κ1) is 15.1. The monoisotopic (exact) mass is 324 g/mol. The van der Waals surface area contributed by atoms with Gasteiger partial charge in [0.25, 0.3) is 0 Å². The molecule has 1 heterocycles. The molecule has 2 aromatic rings. The average molecular weight is 324 g/mol. The second kappa shape index (κ2) is 6.46. The van der Waals surface area contributed by atoms with E-state index >= 15 is 0 Å². The second-order valence-corrected chi connectivity index (χ2v) is 5.51. The van der Waals surface area contributed by atoms with Crippen LogP contribution in [0.4, 0.5) is 5.13 Å². The van der Waals surface area contributed by atoms with Crippen LogP contribution in [0.3, 0.4) is 0 Å². The molecule has 2 amide bonds. The molecule has 0 aliphatic heterocycles. The van der Waals surface area contributed by atoms with E-state index < -0.39 is 11.8 Å². The molecule has 21 heavy (non-hydrogen) atoms. The van der Waals surface area contributed by atoms with E-state index in [0.717, 1.165) is 4.70 Å². The summed E-state index contributed by atoms with van der Waals surface area (Å²) in [6, 6.07) is 5.34. The van der Waals surface area contributed by atoms with Gasteiger partial charge in [-0.15, -0.1) is 0 Å². The van der Waals surface area contributed by atoms with Crippen molar-refractivity contribution in [1.82, 2.24) is 10.3 Å². The number of hydrogen-bond donors (Lipinski definition) is 3. The summed E-state index contributed by atoms with van der Waals surface area (Å²) in [5, 5.41) is 5.05. The number of hydrogen-bond acceptors (Lipinski definition) is 6. The number of nitrogens with one attached hydrogen (secondary N) is 2. The van der Waals surface area contributed by atoms with Gasteiger partial charge in [-0.25, -0.2) is 4.98 Å². The van der Waals surface area contributed by atoms with E-state index in [1.165, 1.54) is 11.3 Å². The third-order valence-electron chi connectivity index (χ3n) is 2.45. The Kier molecular flexibility index (Phi) is 4.66. The number of anilines is 1. The Balaban J connectivity index is 2.07. The number of aromatic nitrogens is 1. The number of amides is 2. The van der Waals surface area contributed by atoms with Crippen LogP contribution in [-0.4, -0.2) is 35.4 Å². The molecule has 0 unspecified atom stereocenters. The Bertz CT molecular complexity index is 714. The zero-order valence-electron chi connectivity index (χ0n) is 11.0. The number of thiazole rings is 1. The average Bonchev–Trinajstić information content (AvgIpc) is 2.85. The van der Waals surface area contributed by atoms with E-state index in [1.54, 1.807) is 25.3 Å². The summed E-state index contributed by atoms with van der Waals surface area (Å²) < 4.78 is 5.95. The number of rotatable bonds is 4. The highest BCUT2D eigenvalue weighted by molar-refractivity contribution is 7.80. The van der Waals surface area contributed by atoms with E-state index in [4.69, 9.17) is 10.5 Å². The first-order valence-electron chi connectivity index (χ1n) is 5.81. The molecule has 4 N–H and O–H groups in total. The van der Waals surface area contributed by atoms with Gasteiger partial charge in [0.05, 0.1) is 28.9 Å². The van der Waals surface area contributed by atoms with Gasteiger partial charge in [0, 0.05) is 0 Å². The number of carbonyl (C=O) groups is 2. The number of nitrogens with two attached hydrogens (primary N) is 1. The molecular weight excluding hydrogens is 312 g/mol. The Morgan fingerprint density at radius 1 is 1.43 bits per heavy atom. The molecule has 9 heteroatoms. The molecule has 7 nitrogen and oxygen atoms in total. The van der Waals surface area contributed by atoms with Crippen LogP contribution in [0.25, 0.3) is 10.2 Å². The van der Waals surface area contributed by atoms with Crippen molar-refractivity contribution < 1.29 is 14.3 Å². The third-order valence-corrected chi connectivity index (χ3v) is 3.52. The third kappa shape index (κ3) is 3.86. The van der Waals surface area contributed by atoms with Gasteiger partial charge in [-0.1, -0.05) is 23.6 Å². The van der Waals surface area contributed by atoms with Gasteiger partial charge in [-0.05, 0) is 18.2 Å². The number of methoxy groups -OCH3 is 1. The number of carbonyl (C=O) groups excluding carboxylic acids is 2. The predicted molar refractivity (Wildman–Crippen MR) is 84.6 cm³/mol. The lowest BCUT2D eigenvalue weighted by Crippen LogP contribution is -2.39. The molecule has 0 saturated carbocycles. The van der Waals surface area contributed by atoms with Gasteiger partial charge in [0.2, 0.25) is 0 Å². The number of ether oxygens (including phenoxy) is 1. The molecule has 0 radical (unpaired) electrons. The highest BCUT2D eigenvalue weighted by Crippen LogP contribution is 2.28. The van der Waals surface area contributed by atoms with Crippen LogP contribution < -0.4 is 21.1 Å². The summed E-state index contributed by atoms with van der Waals surface area (Å²) in [5.74, 6) is -0.949. The molecule has 0 aliphatic rings. The van der Waals surface area contributed by atoms with Gasteiger partial charge in [0.15, 0.2) is 5.13 Å². The van der Waals surface area contributed by atoms with E-state index in [2.05, 4.69) is 27.8 Å². The lowest BCUT2D eigenvalue weighted by Gasteiger charge is -2.02. The predicted octanol–water partition coefficient (Wildman–Crippen LogP) is 0.646. The molecule has 0 aliphatic carbocycles. The minimum absolute atomic E-state index is 0.0291. The van der Waals surface area contributed by atoms with Crippen LogP contribution >= 0.6 is 23.6 Å². The fraction of sp³-hybridized carbons (Fsp3) is 0.167. The van der Waals surface area contributed by atoms with Crippen molar-refractivity contribution in [1.29, 1.82) is 0 Å². The van der Waals surface area contributed by atoms with Gasteiger partial charge >= 0.3 is 11.8 Å². The Morgan fingerprint density at radius 2 is 2.19 bits per heavy atom. The summed E-state index contributed by atoms with van der Waals surface area (Å²) in [5.41, 5.74) is 5.94. The van der Waals surface area contributed by atoms with Crippen molar-refractivity contribution in [3.8, 4) is 5.75 Å². The van der Waals surface area contributed by atoms with Crippen LogP contribution in [-0.2, 0) is 9.59 Å². The van der Waals surface area contributed by atoms with Crippen LogP contribution in [0.1, 0.15) is 0 Å². The van der Waals surface area contributed by atoms with E-state index in [0.29, 0.717) is 16.4 Å². The fourth-order valence-corrected chi connectivity index (χ4v) is 2.45. The Labute approximate surface area is 129 Å². The van der Waals surface area contributed by atoms with Gasteiger partial charge in [0.1, 0.15) is 5.75 Å². The van der Waals surface area contributed by atoms with Crippen molar-refractivity contribution >= 4 is 55.7 Å². The van der Waals surface area contributed by atoms with Crippen LogP contribution in [0, 0.1) is 0 Å². The minimum Gasteiger partial charge on any atom is -0.497 e. The Hall–Kier alpha value is -2.26. The molecule has 1 aromatic carbocycles. The fourth-order valence-electron chi connectivity index (χ4n) is 1.49. The second-order valence-electron chi connectivity index (χ2n) is 3.96. The molecule has 0 bridgehead atoms. The van der Waals surface area contributed by atoms with Crippen molar-refractivity contribution in [3.63, 3.8) is 0 Å². The topological polar surface area (TPSA) is 106 Å². The standard InChI is InChI=1S/C12H12N4O3S2/c1-19-6-2-3-7-8(4-6)21-12(15-7)16-11(18)10(17)14-5-9(13)20/h2-4H,5H2,1H3,(H2,13,20)(H,14,17)(H,15,16,18). The molecule has 110 valence electrons. The number of nitrogens with zero attached hydrogens (tertiary/aromatic N) is 1. The summed E-state index contributed by atoms with van der Waals surface area (Å²) in [6.45, 7) is -0.0291. The van der Waals surface area contributed by atoms with E-state index in [1.807, 2.05) is 0 Å². The van der Waals surface area contributed by atoms with Crippen LogP contribution in [0.15, 0.2) is 18.2 Å². The van der Waals surface area contributed by atoms with Crippen molar-refractivity contribution in [3.05, 3.63) is 18.2 Å². The maximum Gasteiger partial charge on any atom is 0.315 e. The lowest BCUT2D eigenvalue weighted by atomic mass is 10.3. The van der Waals surface area contributed by atoms with Crippen molar-refractivity contribution in [2.75, 3.05) is 19.0 Å². The zero-order chi connectivity index (χ0) is 15.4. The maximum atomic E-state index is 11.7. The number of benzene rings is 1. The van der Waals surface area contributed by atoms with Gasteiger partial charge < -0.3 is 15.8 Å². The van der Waals surface area contributed by atoms with Crippen LogP contribution in [0.5, 0.6) is 5.75 Å². The minimum atomic E-state index is -0.822. The molecule has 0 spiro atoms. The number of thiocarbonyl (C=S) groups is 1. The lowest BCUT2D eigenvalue weighted by molar-refractivity contribution is -0.135. The largest absolute Gasteiger partial charge is 0.497 e. The van der Waals surface area contributed by atoms with Gasteiger partial charge in [-0.3, -0.25) is 14.9 Å². The van der Waals surface area contributed by atoms with E-state index in [9.17, 15) is 9.59 Å². The van der Waals surface area contributed by atoms with Crippen molar-refractivity contribution in [2.24, 2.45) is 5.73 Å². The SMILES string of the molecule is COc1ccc2nc(NC(=O)C(=O)NCC(N)=S)sc2c1. The highest BCUT2D eigenvalue weighted by Gasteiger charge is 2.15. The van der Waals surface area contributed by atoms with E-state index in [-0.39, 0.29) is 11.5 Å². The summed E-state index contributed by atoms with van der Waals surface area (Å²) in [6.07, 6.45) is 0. The molecule has 0 saturated heterocycles. The molecular formula is C12H12N4O3S2. The number of fused-ring (bicyclic) bond motifs is 1. The summed E-state index contributed by atoms with van der Waals surface area (Å²) in [7, 11) is 1.57. The molecule has 0 fully saturated rings. The highest BCUT2D eigenvalue weighted by atomic mass is 32.1. The molecule has 1 aromatic heterocycles. The summed E-state index contributed by atoms with van der Waals surface area (Å²) in [4.78, 5) is 27.5. The van der Waals surface area contributed by atoms with Gasteiger partial charge in [-0.2, -0.15) is 0 Å². The molecule has 2 rings (SSSR count). The first-order valence-corrected chi connectivity index (χ1v) is 7.04.